The summed E-state index contributed by atoms with van der Waals surface area (Å²) in [5, 5.41) is 4.97. The number of aryl methyl sites for hydroxylation is 1. The molecule has 1 aliphatic rings. The van der Waals surface area contributed by atoms with Crippen molar-refractivity contribution >= 4 is 45.9 Å². The van der Waals surface area contributed by atoms with Crippen LogP contribution in [-0.4, -0.2) is 24.2 Å². The molecule has 30 heavy (non-hydrogen) atoms. The molecule has 0 saturated carbocycles. The minimum absolute atomic E-state index is 0.219. The molecule has 4 rings (SSSR count). The Labute approximate surface area is 187 Å². The van der Waals surface area contributed by atoms with Crippen molar-refractivity contribution in [2.45, 2.75) is 24.3 Å². The van der Waals surface area contributed by atoms with Gasteiger partial charge in [-0.25, -0.2) is 0 Å². The molecule has 0 radical (unpaired) electrons. The van der Waals surface area contributed by atoms with Gasteiger partial charge in [0.2, 0.25) is 0 Å². The van der Waals surface area contributed by atoms with E-state index in [1.54, 1.807) is 18.1 Å². The van der Waals surface area contributed by atoms with Gasteiger partial charge in [-0.05, 0) is 67.7 Å². The van der Waals surface area contributed by atoms with Crippen molar-refractivity contribution in [1.82, 2.24) is 10.3 Å². The van der Waals surface area contributed by atoms with Crippen LogP contribution in [-0.2, 0) is 4.74 Å². The summed E-state index contributed by atoms with van der Waals surface area (Å²) in [5.74, 6) is 0.724. The van der Waals surface area contributed by atoms with Gasteiger partial charge in [0.25, 0.3) is 0 Å². The minimum atomic E-state index is 0.219. The molecule has 1 aliphatic heterocycles. The number of benzene rings is 2. The lowest BCUT2D eigenvalue weighted by Crippen LogP contribution is -2.15. The molecule has 1 atom stereocenters. The van der Waals surface area contributed by atoms with Gasteiger partial charge in [0.1, 0.15) is 11.9 Å². The maximum Gasteiger partial charge on any atom is 0.119 e. The number of pyridine rings is 1. The monoisotopic (exact) mass is 439 g/mol. The van der Waals surface area contributed by atoms with E-state index in [9.17, 15) is 0 Å². The molecule has 156 valence electrons. The van der Waals surface area contributed by atoms with E-state index < -0.39 is 0 Å². The SMILES string of the molecule is C=C.C=C(OC1CCNC1)c1ccc(SNc2c(C)cc(Cl)c3cccnc23)cc1. The van der Waals surface area contributed by atoms with E-state index in [0.29, 0.717) is 0 Å². The number of ether oxygens (including phenoxy) is 1. The first kappa shape index (κ1) is 22.2. The fourth-order valence-corrected chi connectivity index (χ4v) is 4.34. The second kappa shape index (κ2) is 10.5. The third-order valence-corrected chi connectivity index (χ3v) is 5.94. The first-order valence-corrected chi connectivity index (χ1v) is 10.9. The van der Waals surface area contributed by atoms with Gasteiger partial charge in [-0.1, -0.05) is 30.3 Å². The van der Waals surface area contributed by atoms with Gasteiger partial charge in [-0.2, -0.15) is 0 Å². The van der Waals surface area contributed by atoms with Gasteiger partial charge in [-0.3, -0.25) is 4.98 Å². The molecule has 2 aromatic carbocycles. The quantitative estimate of drug-likeness (QED) is 0.262. The predicted octanol–water partition coefficient (Wildman–Crippen LogP) is 6.47. The molecule has 0 spiro atoms. The average molecular weight is 440 g/mol. The van der Waals surface area contributed by atoms with Crippen LogP contribution in [0.5, 0.6) is 0 Å². The Hall–Kier alpha value is -2.47. The average Bonchev–Trinajstić information content (AvgIpc) is 3.28. The van der Waals surface area contributed by atoms with E-state index in [0.717, 1.165) is 62.9 Å². The lowest BCUT2D eigenvalue weighted by atomic mass is 10.1. The standard InChI is InChI=1S/C22H22ClN3OS.C2H4/c1-14-12-20(23)19-4-3-10-25-22(19)21(14)26-28-18-7-5-16(6-8-18)15(2)27-17-9-11-24-13-17;1-2/h3-8,10,12,17,24,26H,2,9,11,13H2,1H3;1-2H2. The maximum atomic E-state index is 6.36. The van der Waals surface area contributed by atoms with Crippen molar-refractivity contribution in [3.8, 4) is 0 Å². The molecule has 1 unspecified atom stereocenters. The van der Waals surface area contributed by atoms with Crippen LogP contribution < -0.4 is 10.0 Å². The highest BCUT2D eigenvalue weighted by atomic mass is 35.5. The molecule has 0 amide bonds. The summed E-state index contributed by atoms with van der Waals surface area (Å²) >= 11 is 7.91. The van der Waals surface area contributed by atoms with Crippen LogP contribution in [0, 0.1) is 6.92 Å². The zero-order valence-corrected chi connectivity index (χ0v) is 18.7. The van der Waals surface area contributed by atoms with Gasteiger partial charge >= 0.3 is 0 Å². The number of nitrogens with one attached hydrogen (secondary N) is 2. The summed E-state index contributed by atoms with van der Waals surface area (Å²) in [6.45, 7) is 14.0. The van der Waals surface area contributed by atoms with E-state index in [-0.39, 0.29) is 6.10 Å². The number of nitrogens with zero attached hydrogens (tertiary/aromatic N) is 1. The Kier molecular flexibility index (Phi) is 7.80. The summed E-state index contributed by atoms with van der Waals surface area (Å²) < 4.78 is 9.38. The summed E-state index contributed by atoms with van der Waals surface area (Å²) in [6.07, 6.45) is 3.03. The zero-order valence-electron chi connectivity index (χ0n) is 17.1. The number of anilines is 1. The van der Waals surface area contributed by atoms with Crippen LogP contribution in [0.15, 0.2) is 73.3 Å². The first-order chi connectivity index (χ1) is 14.6. The largest absolute Gasteiger partial charge is 0.489 e. The predicted molar refractivity (Wildman–Crippen MR) is 130 cm³/mol. The lowest BCUT2D eigenvalue weighted by molar-refractivity contribution is 0.187. The van der Waals surface area contributed by atoms with E-state index in [2.05, 4.69) is 46.9 Å². The van der Waals surface area contributed by atoms with Crippen LogP contribution in [0.3, 0.4) is 0 Å². The van der Waals surface area contributed by atoms with Gasteiger partial charge in [0, 0.05) is 28.6 Å². The number of rotatable bonds is 6. The van der Waals surface area contributed by atoms with E-state index in [4.69, 9.17) is 16.3 Å². The number of hydrogen-bond donors (Lipinski definition) is 2. The molecule has 3 aromatic rings. The fraction of sp³-hybridized carbons (Fsp3) is 0.208. The van der Waals surface area contributed by atoms with Crippen molar-refractivity contribution in [3.63, 3.8) is 0 Å². The third-order valence-electron chi connectivity index (χ3n) is 4.81. The number of fused-ring (bicyclic) bond motifs is 1. The molecule has 0 bridgehead atoms. The molecule has 2 N–H and O–H groups in total. The Morgan fingerprint density at radius 2 is 2.03 bits per heavy atom. The first-order valence-electron chi connectivity index (χ1n) is 9.75. The van der Waals surface area contributed by atoms with Gasteiger partial charge in [0.15, 0.2) is 0 Å². The van der Waals surface area contributed by atoms with Crippen LogP contribution in [0.25, 0.3) is 16.7 Å². The second-order valence-corrected chi connectivity index (χ2v) is 8.12. The van der Waals surface area contributed by atoms with Crippen molar-refractivity contribution in [2.75, 3.05) is 17.8 Å². The fourth-order valence-electron chi connectivity index (χ4n) is 3.27. The molecular formula is C24H26ClN3OS. The molecular weight excluding hydrogens is 414 g/mol. The summed E-state index contributed by atoms with van der Waals surface area (Å²) in [5.41, 5.74) is 3.93. The topological polar surface area (TPSA) is 46.2 Å². The van der Waals surface area contributed by atoms with Crippen LogP contribution in [0.1, 0.15) is 17.5 Å². The Morgan fingerprint density at radius 3 is 2.73 bits per heavy atom. The Balaban J connectivity index is 0.00000124. The summed E-state index contributed by atoms with van der Waals surface area (Å²) in [6, 6.07) is 14.1. The van der Waals surface area contributed by atoms with Crippen molar-refractivity contribution in [3.05, 3.63) is 84.5 Å². The smallest absolute Gasteiger partial charge is 0.119 e. The number of halogens is 1. The van der Waals surface area contributed by atoms with Crippen LogP contribution in [0.4, 0.5) is 5.69 Å². The molecule has 0 aliphatic carbocycles. The normalized spacial score (nSPS) is 15.3. The van der Waals surface area contributed by atoms with Gasteiger partial charge in [-0.15, -0.1) is 13.2 Å². The van der Waals surface area contributed by atoms with Crippen LogP contribution in [0.2, 0.25) is 5.02 Å². The van der Waals surface area contributed by atoms with Gasteiger partial charge in [0.05, 0.1) is 16.2 Å². The molecule has 1 saturated heterocycles. The molecule has 6 heteroatoms. The minimum Gasteiger partial charge on any atom is -0.489 e. The lowest BCUT2D eigenvalue weighted by Gasteiger charge is -2.15. The van der Waals surface area contributed by atoms with E-state index in [1.165, 1.54) is 0 Å². The summed E-state index contributed by atoms with van der Waals surface area (Å²) in [4.78, 5) is 5.60. The van der Waals surface area contributed by atoms with Crippen LogP contribution >= 0.6 is 23.5 Å². The zero-order chi connectivity index (χ0) is 21.5. The van der Waals surface area contributed by atoms with Crippen molar-refractivity contribution in [2.24, 2.45) is 0 Å². The number of aromatic nitrogens is 1. The highest BCUT2D eigenvalue weighted by Gasteiger charge is 2.17. The van der Waals surface area contributed by atoms with E-state index in [1.807, 2.05) is 37.3 Å². The van der Waals surface area contributed by atoms with Crippen molar-refractivity contribution < 1.29 is 4.74 Å². The highest BCUT2D eigenvalue weighted by Crippen LogP contribution is 2.34. The molecule has 2 heterocycles. The third kappa shape index (κ3) is 5.17. The maximum absolute atomic E-state index is 6.36. The molecule has 4 nitrogen and oxygen atoms in total. The molecule has 1 fully saturated rings. The Bertz CT molecular complexity index is 1020. The Morgan fingerprint density at radius 1 is 1.27 bits per heavy atom. The number of hydrogen-bond acceptors (Lipinski definition) is 5. The second-order valence-electron chi connectivity index (χ2n) is 6.83. The van der Waals surface area contributed by atoms with Crippen molar-refractivity contribution in [1.29, 1.82) is 0 Å². The van der Waals surface area contributed by atoms with E-state index >= 15 is 0 Å². The van der Waals surface area contributed by atoms with Gasteiger partial charge < -0.3 is 14.8 Å². The molecule has 1 aromatic heterocycles. The highest BCUT2D eigenvalue weighted by molar-refractivity contribution is 8.00. The summed E-state index contributed by atoms with van der Waals surface area (Å²) in [7, 11) is 0.